The fourth-order valence-electron chi connectivity index (χ4n) is 4.00. The van der Waals surface area contributed by atoms with Gasteiger partial charge < -0.3 is 4.18 Å². The first kappa shape index (κ1) is 23.6. The Labute approximate surface area is 214 Å². The van der Waals surface area contributed by atoms with Crippen molar-refractivity contribution >= 4 is 59.4 Å². The van der Waals surface area contributed by atoms with Gasteiger partial charge in [-0.15, -0.1) is 11.3 Å². The van der Waals surface area contributed by atoms with Gasteiger partial charge in [-0.25, -0.2) is 4.98 Å². The highest BCUT2D eigenvalue weighted by Gasteiger charge is 2.23. The van der Waals surface area contributed by atoms with Crippen LogP contribution in [0.2, 0.25) is 0 Å². The van der Waals surface area contributed by atoms with Gasteiger partial charge in [-0.2, -0.15) is 8.42 Å². The molecular formula is C24H21BrN2O4S3. The van der Waals surface area contributed by atoms with Crippen molar-refractivity contribution in [2.24, 2.45) is 0 Å². The topological polar surface area (TPSA) is 78.3 Å². The molecule has 1 aliphatic rings. The van der Waals surface area contributed by atoms with Crippen LogP contribution in [0.25, 0.3) is 15.9 Å². The summed E-state index contributed by atoms with van der Waals surface area (Å²) in [4.78, 5) is 20.5. The lowest BCUT2D eigenvalue weighted by atomic mass is 9.97. The third kappa shape index (κ3) is 4.95. The summed E-state index contributed by atoms with van der Waals surface area (Å²) in [6, 6.07) is 16.0. The number of benzene rings is 2. The van der Waals surface area contributed by atoms with Crippen molar-refractivity contribution in [3.05, 3.63) is 79.9 Å². The van der Waals surface area contributed by atoms with Crippen LogP contribution >= 0.6 is 39.0 Å². The molecule has 0 fully saturated rings. The molecule has 0 saturated heterocycles. The molecule has 0 aliphatic heterocycles. The molecule has 0 N–H and O–H groups in total. The van der Waals surface area contributed by atoms with Crippen LogP contribution in [0, 0.1) is 0 Å². The molecule has 0 bridgehead atoms. The molecule has 0 atom stereocenters. The van der Waals surface area contributed by atoms with Crippen LogP contribution in [-0.4, -0.2) is 29.5 Å². The highest BCUT2D eigenvalue weighted by Crippen LogP contribution is 2.35. The van der Waals surface area contributed by atoms with E-state index in [-0.39, 0.29) is 22.8 Å². The van der Waals surface area contributed by atoms with Crippen LogP contribution in [0.5, 0.6) is 5.75 Å². The second-order valence-corrected chi connectivity index (χ2v) is 12.7. The molecule has 2 aromatic carbocycles. The van der Waals surface area contributed by atoms with Gasteiger partial charge in [0.25, 0.3) is 5.56 Å². The molecule has 34 heavy (non-hydrogen) atoms. The third-order valence-corrected chi connectivity index (χ3v) is 9.64. The van der Waals surface area contributed by atoms with Gasteiger partial charge in [-0.3, -0.25) is 9.36 Å². The van der Waals surface area contributed by atoms with Crippen molar-refractivity contribution in [3.8, 4) is 11.4 Å². The van der Waals surface area contributed by atoms with Crippen LogP contribution in [0.15, 0.2) is 69.0 Å². The van der Waals surface area contributed by atoms with Crippen LogP contribution in [-0.2, 0) is 23.0 Å². The fourth-order valence-corrected chi connectivity index (χ4v) is 7.87. The van der Waals surface area contributed by atoms with Gasteiger partial charge in [0.1, 0.15) is 10.6 Å². The smallest absolute Gasteiger partial charge is 0.310 e. The van der Waals surface area contributed by atoms with Gasteiger partial charge in [0.15, 0.2) is 5.16 Å². The summed E-state index contributed by atoms with van der Waals surface area (Å²) in [6.07, 6.45) is 4.09. The molecule has 0 spiro atoms. The van der Waals surface area contributed by atoms with Gasteiger partial charge in [-0.1, -0.05) is 45.9 Å². The first-order valence-electron chi connectivity index (χ1n) is 10.8. The van der Waals surface area contributed by atoms with Gasteiger partial charge in [0.2, 0.25) is 0 Å². The minimum Gasteiger partial charge on any atom is -0.382 e. The van der Waals surface area contributed by atoms with Crippen molar-refractivity contribution < 1.29 is 12.6 Å². The number of aryl methyl sites for hydroxylation is 2. The molecule has 0 amide bonds. The van der Waals surface area contributed by atoms with Crippen LogP contribution in [0.3, 0.4) is 0 Å². The molecule has 0 unspecified atom stereocenters. The Morgan fingerprint density at radius 2 is 1.79 bits per heavy atom. The van der Waals surface area contributed by atoms with E-state index in [0.29, 0.717) is 16.2 Å². The summed E-state index contributed by atoms with van der Waals surface area (Å²) in [6.45, 7) is 0. The molecule has 0 saturated carbocycles. The van der Waals surface area contributed by atoms with Crippen LogP contribution < -0.4 is 9.74 Å². The van der Waals surface area contributed by atoms with Gasteiger partial charge in [0.05, 0.1) is 16.8 Å². The normalized spacial score (nSPS) is 13.7. The fraction of sp³-hybridized carbons (Fsp3) is 0.250. The number of aromatic nitrogens is 2. The Balaban J connectivity index is 1.45. The monoisotopic (exact) mass is 576 g/mol. The number of para-hydroxylation sites is 1. The zero-order valence-corrected chi connectivity index (χ0v) is 22.1. The largest absolute Gasteiger partial charge is 0.382 e. The van der Waals surface area contributed by atoms with E-state index in [4.69, 9.17) is 9.17 Å². The maximum Gasteiger partial charge on any atom is 0.310 e. The van der Waals surface area contributed by atoms with E-state index in [1.807, 2.05) is 30.3 Å². The predicted molar refractivity (Wildman–Crippen MR) is 141 cm³/mol. The van der Waals surface area contributed by atoms with Crippen LogP contribution in [0.1, 0.15) is 23.3 Å². The minimum absolute atomic E-state index is 0.0907. The Hall–Kier alpha value is -2.14. The van der Waals surface area contributed by atoms with Crippen molar-refractivity contribution in [1.82, 2.24) is 9.55 Å². The van der Waals surface area contributed by atoms with E-state index < -0.39 is 10.1 Å². The number of thioether (sulfide) groups is 1. The second-order valence-electron chi connectivity index (χ2n) is 7.91. The SMILES string of the molecule is O=c1c2c3c(sc2nc(SCCS(=O)(=O)Oc2ccc(Br)cc2)n1-c1ccccc1)CCCC3. The molecule has 10 heteroatoms. The Bertz CT molecular complexity index is 1500. The molecular weight excluding hydrogens is 556 g/mol. The second kappa shape index (κ2) is 9.85. The zero-order valence-electron chi connectivity index (χ0n) is 18.1. The van der Waals surface area contributed by atoms with E-state index in [1.54, 1.807) is 40.2 Å². The number of thiophene rings is 1. The van der Waals surface area contributed by atoms with Crippen molar-refractivity contribution in [2.45, 2.75) is 30.8 Å². The lowest BCUT2D eigenvalue weighted by molar-refractivity contribution is 0.488. The summed E-state index contributed by atoms with van der Waals surface area (Å²) >= 11 is 6.16. The Kier molecular flexibility index (Phi) is 6.83. The van der Waals surface area contributed by atoms with Crippen molar-refractivity contribution in [2.75, 3.05) is 11.5 Å². The third-order valence-electron chi connectivity index (χ3n) is 5.57. The molecule has 6 nitrogen and oxygen atoms in total. The Morgan fingerprint density at radius 3 is 2.56 bits per heavy atom. The van der Waals surface area contributed by atoms with Crippen molar-refractivity contribution in [1.29, 1.82) is 0 Å². The van der Waals surface area contributed by atoms with E-state index in [2.05, 4.69) is 15.9 Å². The van der Waals surface area contributed by atoms with E-state index in [9.17, 15) is 13.2 Å². The number of hydrogen-bond acceptors (Lipinski definition) is 7. The van der Waals surface area contributed by atoms with Crippen LogP contribution in [0.4, 0.5) is 0 Å². The van der Waals surface area contributed by atoms with Gasteiger partial charge in [-0.05, 0) is 67.6 Å². The van der Waals surface area contributed by atoms with E-state index in [0.717, 1.165) is 40.5 Å². The van der Waals surface area contributed by atoms with Gasteiger partial charge >= 0.3 is 10.1 Å². The molecule has 0 radical (unpaired) electrons. The average molecular weight is 578 g/mol. The number of hydrogen-bond donors (Lipinski definition) is 0. The molecule has 4 aromatic rings. The standard InChI is InChI=1S/C24H21BrN2O4S3/c25-16-10-12-18(13-11-16)31-34(29,30)15-14-32-24-26-22-21(19-8-4-5-9-20(19)33-22)23(28)27(24)17-6-2-1-3-7-17/h1-3,6-7,10-13H,4-5,8-9,14-15H2. The van der Waals surface area contributed by atoms with Gasteiger partial charge in [0, 0.05) is 15.1 Å². The summed E-state index contributed by atoms with van der Waals surface area (Å²) in [7, 11) is -3.80. The summed E-state index contributed by atoms with van der Waals surface area (Å²) in [5.74, 6) is 0.254. The summed E-state index contributed by atoms with van der Waals surface area (Å²) < 4.78 is 32.7. The molecule has 5 rings (SSSR count). The van der Waals surface area contributed by atoms with E-state index in [1.165, 1.54) is 16.6 Å². The first-order chi connectivity index (χ1) is 16.4. The number of fused-ring (bicyclic) bond motifs is 3. The van der Waals surface area contributed by atoms with E-state index >= 15 is 0 Å². The number of nitrogens with zero attached hydrogens (tertiary/aromatic N) is 2. The highest BCUT2D eigenvalue weighted by molar-refractivity contribution is 9.10. The predicted octanol–water partition coefficient (Wildman–Crippen LogP) is 5.59. The number of rotatable bonds is 7. The highest BCUT2D eigenvalue weighted by atomic mass is 79.9. The lowest BCUT2D eigenvalue weighted by Gasteiger charge is -2.13. The maximum absolute atomic E-state index is 13.7. The molecule has 2 heterocycles. The quantitative estimate of drug-likeness (QED) is 0.162. The minimum atomic E-state index is -3.80. The van der Waals surface area contributed by atoms with Crippen molar-refractivity contribution in [3.63, 3.8) is 0 Å². The molecule has 176 valence electrons. The lowest BCUT2D eigenvalue weighted by Crippen LogP contribution is -2.23. The summed E-state index contributed by atoms with van der Waals surface area (Å²) in [5.41, 5.74) is 1.76. The number of halogens is 1. The molecule has 1 aliphatic carbocycles. The molecule has 2 aromatic heterocycles. The zero-order chi connectivity index (χ0) is 23.7. The Morgan fingerprint density at radius 1 is 1.06 bits per heavy atom. The summed E-state index contributed by atoms with van der Waals surface area (Å²) in [5, 5.41) is 1.19. The maximum atomic E-state index is 13.7. The first-order valence-corrected chi connectivity index (χ1v) is 15.0. The average Bonchev–Trinajstić information content (AvgIpc) is 3.20.